The van der Waals surface area contributed by atoms with Crippen molar-refractivity contribution in [1.29, 1.82) is 0 Å². The van der Waals surface area contributed by atoms with Crippen LogP contribution in [0.15, 0.2) is 77.7 Å². The molecule has 1 heterocycles. The quantitative estimate of drug-likeness (QED) is 0.547. The lowest BCUT2D eigenvalue weighted by atomic mass is 9.96. The fourth-order valence-electron chi connectivity index (χ4n) is 3.98. The zero-order valence-electron chi connectivity index (χ0n) is 17.2. The molecule has 3 aromatic carbocycles. The Labute approximate surface area is 187 Å². The average Bonchev–Trinajstić information content (AvgIpc) is 2.78. The van der Waals surface area contributed by atoms with Gasteiger partial charge in [-0.05, 0) is 47.9 Å². The average molecular weight is 459 g/mol. The lowest BCUT2D eigenvalue weighted by Crippen LogP contribution is -2.49. The second kappa shape index (κ2) is 9.09. The molecule has 1 aliphatic rings. The van der Waals surface area contributed by atoms with Crippen molar-refractivity contribution in [3.05, 3.63) is 100 Å². The van der Waals surface area contributed by atoms with Crippen molar-refractivity contribution in [2.24, 2.45) is 0 Å². The van der Waals surface area contributed by atoms with Gasteiger partial charge in [0.05, 0.1) is 10.9 Å². The minimum atomic E-state index is -3.74. The largest absolute Gasteiger partial charge is 0.290 e. The molecular weight excluding hydrogens is 435 g/mol. The molecule has 0 N–H and O–H groups in total. The van der Waals surface area contributed by atoms with Gasteiger partial charge in [0, 0.05) is 31.2 Å². The van der Waals surface area contributed by atoms with Gasteiger partial charge in [0.25, 0.3) is 0 Å². The maximum atomic E-state index is 13.9. The van der Waals surface area contributed by atoms with Crippen LogP contribution in [0, 0.1) is 12.7 Å². The minimum absolute atomic E-state index is 0.000130. The summed E-state index contributed by atoms with van der Waals surface area (Å²) in [5.74, 6) is -0.508. The first-order valence-electron chi connectivity index (χ1n) is 10.2. The molecule has 1 fully saturated rings. The second-order valence-electron chi connectivity index (χ2n) is 7.72. The van der Waals surface area contributed by atoms with Gasteiger partial charge in [-0.25, -0.2) is 12.8 Å². The molecule has 4 nitrogen and oxygen atoms in total. The van der Waals surface area contributed by atoms with Crippen LogP contribution in [0.5, 0.6) is 0 Å². The van der Waals surface area contributed by atoms with Crippen molar-refractivity contribution in [3.8, 4) is 0 Å². The number of piperazine rings is 1. The molecule has 0 radical (unpaired) electrons. The number of hydrogen-bond donors (Lipinski definition) is 0. The van der Waals surface area contributed by atoms with E-state index in [0.717, 1.165) is 17.2 Å². The summed E-state index contributed by atoms with van der Waals surface area (Å²) >= 11 is 6.08. The predicted octanol–water partition coefficient (Wildman–Crippen LogP) is 4.88. The van der Waals surface area contributed by atoms with Crippen molar-refractivity contribution in [1.82, 2.24) is 9.21 Å². The van der Waals surface area contributed by atoms with E-state index in [9.17, 15) is 12.8 Å². The summed E-state index contributed by atoms with van der Waals surface area (Å²) in [5, 5.41) is 0.678. The zero-order chi connectivity index (χ0) is 22.0. The fraction of sp³-hybridized carbons (Fsp3) is 0.250. The Hall–Kier alpha value is -2.25. The van der Waals surface area contributed by atoms with Gasteiger partial charge in [-0.1, -0.05) is 60.1 Å². The Bertz CT molecular complexity index is 1150. The van der Waals surface area contributed by atoms with Crippen LogP contribution in [0.1, 0.15) is 22.7 Å². The molecule has 4 rings (SSSR count). The number of benzene rings is 3. The van der Waals surface area contributed by atoms with E-state index in [1.807, 2.05) is 42.5 Å². The van der Waals surface area contributed by atoms with Crippen LogP contribution >= 0.6 is 11.6 Å². The monoisotopic (exact) mass is 458 g/mol. The van der Waals surface area contributed by atoms with Crippen LogP contribution in [0.4, 0.5) is 4.39 Å². The first-order valence-corrected chi connectivity index (χ1v) is 12.0. The molecule has 7 heteroatoms. The lowest BCUT2D eigenvalue weighted by molar-refractivity contribution is 0.156. The Balaban J connectivity index is 1.56. The van der Waals surface area contributed by atoms with Gasteiger partial charge < -0.3 is 0 Å². The molecule has 0 unspecified atom stereocenters. The number of halogens is 2. The number of aryl methyl sites for hydroxylation is 1. The second-order valence-corrected chi connectivity index (χ2v) is 10.1. The third kappa shape index (κ3) is 4.67. The van der Waals surface area contributed by atoms with Gasteiger partial charge in [-0.3, -0.25) is 4.90 Å². The van der Waals surface area contributed by atoms with Crippen LogP contribution in [0.2, 0.25) is 5.02 Å². The molecule has 1 saturated heterocycles. The predicted molar refractivity (Wildman–Crippen MR) is 121 cm³/mol. The van der Waals surface area contributed by atoms with Crippen molar-refractivity contribution >= 4 is 21.6 Å². The Morgan fingerprint density at radius 3 is 2.10 bits per heavy atom. The van der Waals surface area contributed by atoms with Gasteiger partial charge in [0.15, 0.2) is 0 Å². The maximum absolute atomic E-state index is 13.9. The van der Waals surface area contributed by atoms with Crippen LogP contribution in [0.3, 0.4) is 0 Å². The van der Waals surface area contributed by atoms with E-state index in [4.69, 9.17) is 11.6 Å². The van der Waals surface area contributed by atoms with E-state index >= 15 is 0 Å². The first-order chi connectivity index (χ1) is 14.9. The number of rotatable bonds is 5. The highest BCUT2D eigenvalue weighted by Crippen LogP contribution is 2.31. The molecule has 0 aliphatic carbocycles. The van der Waals surface area contributed by atoms with Gasteiger partial charge in [0.2, 0.25) is 10.0 Å². The molecule has 1 aliphatic heterocycles. The molecule has 0 spiro atoms. The first kappa shape index (κ1) is 22.0. The number of sulfonamides is 1. The topological polar surface area (TPSA) is 40.6 Å². The van der Waals surface area contributed by atoms with Crippen molar-refractivity contribution < 1.29 is 12.8 Å². The van der Waals surface area contributed by atoms with E-state index in [1.54, 1.807) is 6.92 Å². The smallest absolute Gasteiger partial charge is 0.243 e. The summed E-state index contributed by atoms with van der Waals surface area (Å²) in [6.45, 7) is 3.43. The molecule has 0 amide bonds. The molecule has 0 bridgehead atoms. The summed E-state index contributed by atoms with van der Waals surface area (Å²) in [6.07, 6.45) is 0. The highest BCUT2D eigenvalue weighted by molar-refractivity contribution is 7.89. The van der Waals surface area contributed by atoms with E-state index in [2.05, 4.69) is 17.0 Å². The molecule has 1 atom stereocenters. The number of hydrogen-bond acceptors (Lipinski definition) is 3. The maximum Gasteiger partial charge on any atom is 0.243 e. The van der Waals surface area contributed by atoms with Crippen molar-refractivity contribution in [3.63, 3.8) is 0 Å². The summed E-state index contributed by atoms with van der Waals surface area (Å²) < 4.78 is 41.5. The molecule has 0 aromatic heterocycles. The van der Waals surface area contributed by atoms with Crippen LogP contribution < -0.4 is 0 Å². The van der Waals surface area contributed by atoms with Crippen LogP contribution in [-0.4, -0.2) is 43.8 Å². The van der Waals surface area contributed by atoms with E-state index in [1.165, 1.54) is 16.4 Å². The van der Waals surface area contributed by atoms with E-state index < -0.39 is 15.8 Å². The summed E-state index contributed by atoms with van der Waals surface area (Å²) in [7, 11) is -3.74. The number of nitrogens with zero attached hydrogens (tertiary/aromatic N) is 2. The lowest BCUT2D eigenvalue weighted by Gasteiger charge is -2.39. The summed E-state index contributed by atoms with van der Waals surface area (Å²) in [5.41, 5.74) is 2.67. The molecule has 31 heavy (non-hydrogen) atoms. The molecule has 3 aromatic rings. The van der Waals surface area contributed by atoms with Crippen LogP contribution in [-0.2, 0) is 10.0 Å². The fourth-order valence-corrected chi connectivity index (χ4v) is 5.54. The van der Waals surface area contributed by atoms with E-state index in [-0.39, 0.29) is 10.9 Å². The van der Waals surface area contributed by atoms with Gasteiger partial charge in [0.1, 0.15) is 5.82 Å². The standard InChI is InChI=1S/C24H24ClFN2O2S/c1-18-7-12-22(17-23(18)26)31(29,30)28-15-13-27(14-16-28)24(19-5-3-2-4-6-19)20-8-10-21(25)11-9-20/h2-12,17,24H,13-16H2,1H3/t24-/m1/s1. The Kier molecular flexibility index (Phi) is 6.44. The van der Waals surface area contributed by atoms with Crippen molar-refractivity contribution in [2.45, 2.75) is 17.9 Å². The van der Waals surface area contributed by atoms with Gasteiger partial charge >= 0.3 is 0 Å². The Morgan fingerprint density at radius 2 is 1.48 bits per heavy atom. The van der Waals surface area contributed by atoms with Crippen LogP contribution in [0.25, 0.3) is 0 Å². The Morgan fingerprint density at radius 1 is 0.871 bits per heavy atom. The summed E-state index contributed by atoms with van der Waals surface area (Å²) in [6, 6.07) is 22.0. The normalized spacial score (nSPS) is 16.9. The highest BCUT2D eigenvalue weighted by atomic mass is 35.5. The third-order valence-corrected chi connectivity index (χ3v) is 7.87. The summed E-state index contributed by atoms with van der Waals surface area (Å²) in [4.78, 5) is 2.28. The third-order valence-electron chi connectivity index (χ3n) is 5.72. The molecule has 0 saturated carbocycles. The highest BCUT2D eigenvalue weighted by Gasteiger charge is 2.32. The van der Waals surface area contributed by atoms with Gasteiger partial charge in [-0.2, -0.15) is 4.31 Å². The molecular formula is C24H24ClFN2O2S. The molecule has 162 valence electrons. The SMILES string of the molecule is Cc1ccc(S(=O)(=O)N2CCN([C@H](c3ccccc3)c3ccc(Cl)cc3)CC2)cc1F. The zero-order valence-corrected chi connectivity index (χ0v) is 18.8. The van der Waals surface area contributed by atoms with Crippen molar-refractivity contribution in [2.75, 3.05) is 26.2 Å². The minimum Gasteiger partial charge on any atom is -0.290 e. The van der Waals surface area contributed by atoms with E-state index in [0.29, 0.717) is 36.8 Å². The van der Waals surface area contributed by atoms with Gasteiger partial charge in [-0.15, -0.1) is 0 Å².